The molecule has 0 atom stereocenters. The van der Waals surface area contributed by atoms with E-state index in [1.165, 1.54) is 0 Å². The third kappa shape index (κ3) is 2.88. The molecule has 7 nitrogen and oxygen atoms in total. The topological polar surface area (TPSA) is 83.9 Å². The predicted octanol–water partition coefficient (Wildman–Crippen LogP) is 2.29. The van der Waals surface area contributed by atoms with Crippen molar-refractivity contribution < 1.29 is 4.79 Å². The Hall–Kier alpha value is -3.22. The SMILES string of the molecule is Cn1cccc1C(=O)N1CCC2(CCc3c2nc(-c2cccnc2)[nH]c3=O)CC1. The van der Waals surface area contributed by atoms with Gasteiger partial charge in [-0.1, -0.05) is 0 Å². The lowest BCUT2D eigenvalue weighted by atomic mass is 9.76. The first kappa shape index (κ1) is 17.8. The van der Waals surface area contributed by atoms with E-state index in [1.54, 1.807) is 12.4 Å². The molecular formula is C22H23N5O2. The maximum absolute atomic E-state index is 12.9. The molecule has 1 aliphatic heterocycles. The minimum Gasteiger partial charge on any atom is -0.347 e. The Morgan fingerprint density at radius 2 is 2.00 bits per heavy atom. The first-order valence-corrected chi connectivity index (χ1v) is 10.0. The van der Waals surface area contributed by atoms with Crippen molar-refractivity contribution in [3.8, 4) is 11.4 Å². The number of pyridine rings is 1. The number of carbonyl (C=O) groups is 1. The van der Waals surface area contributed by atoms with E-state index in [4.69, 9.17) is 4.98 Å². The average Bonchev–Trinajstić information content (AvgIpc) is 3.33. The standard InChI is InChI=1S/C22H23N5O2/c1-26-11-3-5-17(26)21(29)27-12-8-22(9-13-27)7-6-16-18(22)24-19(25-20(16)28)15-4-2-10-23-14-15/h2-5,10-11,14H,6-9,12-13H2,1H3,(H,24,25,28). The molecule has 3 aromatic rings. The normalized spacial score (nSPS) is 17.5. The maximum atomic E-state index is 12.9. The number of amides is 1. The number of hydrogen-bond acceptors (Lipinski definition) is 4. The molecule has 3 aromatic heterocycles. The van der Waals surface area contributed by atoms with Gasteiger partial charge in [-0.3, -0.25) is 14.6 Å². The summed E-state index contributed by atoms with van der Waals surface area (Å²) >= 11 is 0. The Labute approximate surface area is 168 Å². The van der Waals surface area contributed by atoms with Gasteiger partial charge in [0.15, 0.2) is 0 Å². The average molecular weight is 389 g/mol. The summed E-state index contributed by atoms with van der Waals surface area (Å²) in [7, 11) is 1.89. The van der Waals surface area contributed by atoms with Gasteiger partial charge in [-0.25, -0.2) is 4.98 Å². The Kier molecular flexibility index (Phi) is 4.12. The first-order chi connectivity index (χ1) is 14.1. The minimum atomic E-state index is -0.120. The van der Waals surface area contributed by atoms with E-state index in [9.17, 15) is 9.59 Å². The molecule has 1 spiro atoms. The van der Waals surface area contributed by atoms with Crippen LogP contribution in [0.3, 0.4) is 0 Å². The summed E-state index contributed by atoms with van der Waals surface area (Å²) in [6.07, 6.45) is 8.64. The molecule has 29 heavy (non-hydrogen) atoms. The summed E-state index contributed by atoms with van der Waals surface area (Å²) in [5, 5.41) is 0. The lowest BCUT2D eigenvalue weighted by Crippen LogP contribution is -2.45. The molecular weight excluding hydrogens is 366 g/mol. The molecule has 0 aromatic carbocycles. The van der Waals surface area contributed by atoms with Gasteiger partial charge in [-0.2, -0.15) is 0 Å². The molecule has 7 heteroatoms. The number of piperidine rings is 1. The van der Waals surface area contributed by atoms with E-state index in [0.717, 1.165) is 42.5 Å². The lowest BCUT2D eigenvalue weighted by molar-refractivity contribution is 0.0654. The van der Waals surface area contributed by atoms with Crippen LogP contribution in [0.2, 0.25) is 0 Å². The number of aromatic amines is 1. The van der Waals surface area contributed by atoms with Crippen LogP contribution in [0.1, 0.15) is 41.0 Å². The molecule has 1 amide bonds. The van der Waals surface area contributed by atoms with Crippen molar-refractivity contribution in [3.05, 3.63) is 70.2 Å². The Balaban J connectivity index is 1.43. The van der Waals surface area contributed by atoms with Crippen molar-refractivity contribution in [3.63, 3.8) is 0 Å². The number of carbonyl (C=O) groups excluding carboxylic acids is 1. The predicted molar refractivity (Wildman–Crippen MR) is 109 cm³/mol. The van der Waals surface area contributed by atoms with Gasteiger partial charge in [0.25, 0.3) is 11.5 Å². The monoisotopic (exact) mass is 389 g/mol. The quantitative estimate of drug-likeness (QED) is 0.729. The van der Waals surface area contributed by atoms with Crippen molar-refractivity contribution in [2.75, 3.05) is 13.1 Å². The molecule has 2 aliphatic rings. The number of aryl methyl sites for hydroxylation is 1. The Morgan fingerprint density at radius 3 is 2.69 bits per heavy atom. The summed E-state index contributed by atoms with van der Waals surface area (Å²) < 4.78 is 1.86. The van der Waals surface area contributed by atoms with Crippen LogP contribution in [-0.2, 0) is 18.9 Å². The largest absolute Gasteiger partial charge is 0.347 e. The molecule has 0 unspecified atom stereocenters. The van der Waals surface area contributed by atoms with E-state index < -0.39 is 0 Å². The van der Waals surface area contributed by atoms with Gasteiger partial charge in [0.2, 0.25) is 0 Å². The van der Waals surface area contributed by atoms with Crippen molar-refractivity contribution >= 4 is 5.91 Å². The summed E-state index contributed by atoms with van der Waals surface area (Å²) in [6.45, 7) is 1.36. The zero-order valence-electron chi connectivity index (χ0n) is 16.4. The highest BCUT2D eigenvalue weighted by Crippen LogP contribution is 2.44. The summed E-state index contributed by atoms with van der Waals surface area (Å²) in [6, 6.07) is 7.49. The number of aromatic nitrogens is 4. The number of nitrogens with one attached hydrogen (secondary N) is 1. The van der Waals surface area contributed by atoms with Crippen LogP contribution in [0.25, 0.3) is 11.4 Å². The van der Waals surface area contributed by atoms with Gasteiger partial charge in [-0.15, -0.1) is 0 Å². The van der Waals surface area contributed by atoms with Gasteiger partial charge in [-0.05, 0) is 49.9 Å². The van der Waals surface area contributed by atoms with Crippen molar-refractivity contribution in [1.29, 1.82) is 0 Å². The van der Waals surface area contributed by atoms with E-state index in [1.807, 2.05) is 47.0 Å². The summed E-state index contributed by atoms with van der Waals surface area (Å²) in [5.74, 6) is 0.644. The molecule has 0 bridgehead atoms. The third-order valence-corrected chi connectivity index (χ3v) is 6.48. The number of rotatable bonds is 2. The number of likely N-dealkylation sites (tertiary alicyclic amines) is 1. The van der Waals surface area contributed by atoms with Crippen LogP contribution in [0.5, 0.6) is 0 Å². The maximum Gasteiger partial charge on any atom is 0.270 e. The second-order valence-electron chi connectivity index (χ2n) is 8.06. The molecule has 148 valence electrons. The smallest absolute Gasteiger partial charge is 0.270 e. The first-order valence-electron chi connectivity index (χ1n) is 10.0. The Morgan fingerprint density at radius 1 is 1.17 bits per heavy atom. The summed E-state index contributed by atoms with van der Waals surface area (Å²) in [4.78, 5) is 39.4. The number of hydrogen-bond donors (Lipinski definition) is 1. The molecule has 1 fully saturated rings. The van der Waals surface area contributed by atoms with Gasteiger partial charge < -0.3 is 14.5 Å². The third-order valence-electron chi connectivity index (χ3n) is 6.48. The number of H-pyrrole nitrogens is 1. The molecule has 0 saturated carbocycles. The zero-order chi connectivity index (χ0) is 20.0. The molecule has 1 N–H and O–H groups in total. The zero-order valence-corrected chi connectivity index (χ0v) is 16.4. The fourth-order valence-corrected chi connectivity index (χ4v) is 4.76. The van der Waals surface area contributed by atoms with Crippen LogP contribution in [-0.4, -0.2) is 43.4 Å². The minimum absolute atomic E-state index is 0.0481. The van der Waals surface area contributed by atoms with E-state index in [0.29, 0.717) is 24.6 Å². The van der Waals surface area contributed by atoms with Crippen LogP contribution in [0, 0.1) is 0 Å². The van der Waals surface area contributed by atoms with Gasteiger partial charge in [0, 0.05) is 55.3 Å². The van der Waals surface area contributed by atoms with Crippen LogP contribution >= 0.6 is 0 Å². The second kappa shape index (κ2) is 6.69. The van der Waals surface area contributed by atoms with Crippen LogP contribution in [0.4, 0.5) is 0 Å². The number of fused-ring (bicyclic) bond motifs is 2. The van der Waals surface area contributed by atoms with Crippen molar-refractivity contribution in [2.45, 2.75) is 31.1 Å². The Bertz CT molecular complexity index is 1120. The highest BCUT2D eigenvalue weighted by molar-refractivity contribution is 5.92. The van der Waals surface area contributed by atoms with E-state index in [-0.39, 0.29) is 16.9 Å². The fourth-order valence-electron chi connectivity index (χ4n) is 4.76. The molecule has 0 radical (unpaired) electrons. The van der Waals surface area contributed by atoms with E-state index in [2.05, 4.69) is 9.97 Å². The lowest BCUT2D eigenvalue weighted by Gasteiger charge is -2.39. The van der Waals surface area contributed by atoms with Gasteiger partial charge >= 0.3 is 0 Å². The fraction of sp³-hybridized carbons (Fsp3) is 0.364. The molecule has 1 aliphatic carbocycles. The van der Waals surface area contributed by atoms with Crippen molar-refractivity contribution in [2.24, 2.45) is 7.05 Å². The van der Waals surface area contributed by atoms with Crippen LogP contribution < -0.4 is 5.56 Å². The molecule has 1 saturated heterocycles. The van der Waals surface area contributed by atoms with Gasteiger partial charge in [0.1, 0.15) is 11.5 Å². The summed E-state index contributed by atoms with van der Waals surface area (Å²) in [5.41, 5.74) is 3.08. The second-order valence-corrected chi connectivity index (χ2v) is 8.06. The van der Waals surface area contributed by atoms with E-state index >= 15 is 0 Å². The highest BCUT2D eigenvalue weighted by atomic mass is 16.2. The highest BCUT2D eigenvalue weighted by Gasteiger charge is 2.44. The van der Waals surface area contributed by atoms with Crippen LogP contribution in [0.15, 0.2) is 47.7 Å². The number of nitrogens with zero attached hydrogens (tertiary/aromatic N) is 4. The van der Waals surface area contributed by atoms with Crippen molar-refractivity contribution in [1.82, 2.24) is 24.4 Å². The molecule has 4 heterocycles. The van der Waals surface area contributed by atoms with Gasteiger partial charge in [0.05, 0.1) is 5.69 Å². The molecule has 5 rings (SSSR count).